The van der Waals surface area contributed by atoms with E-state index in [1.165, 1.54) is 6.07 Å². The van der Waals surface area contributed by atoms with Gasteiger partial charge >= 0.3 is 5.51 Å². The molecular formula is C8H2ClF3N2O4S2. The molecule has 0 aliphatic heterocycles. The Hall–Kier alpha value is -1.51. The lowest BCUT2D eigenvalue weighted by atomic mass is 10.2. The maximum absolute atomic E-state index is 12.3. The zero-order valence-electron chi connectivity index (χ0n) is 9.01. The molecule has 0 aromatic heterocycles. The van der Waals surface area contributed by atoms with Crippen LogP contribution < -0.4 is 0 Å². The number of halogens is 4. The number of nitro groups is 1. The van der Waals surface area contributed by atoms with E-state index in [1.807, 2.05) is 0 Å². The zero-order valence-corrected chi connectivity index (χ0v) is 11.4. The van der Waals surface area contributed by atoms with Crippen LogP contribution in [0.4, 0.5) is 18.9 Å². The summed E-state index contributed by atoms with van der Waals surface area (Å²) in [7, 11) is 0.355. The summed E-state index contributed by atoms with van der Waals surface area (Å²) in [5.41, 5.74) is -6.67. The van der Waals surface area contributed by atoms with Gasteiger partial charge in [0.05, 0.1) is 10.5 Å². The first-order valence-corrected chi connectivity index (χ1v) is 7.51. The quantitative estimate of drug-likeness (QED) is 0.361. The highest BCUT2D eigenvalue weighted by molar-refractivity contribution is 8.13. The monoisotopic (exact) mass is 346 g/mol. The fourth-order valence-electron chi connectivity index (χ4n) is 1.19. The average Bonchev–Trinajstić information content (AvgIpc) is 2.24. The maximum Gasteiger partial charge on any atom is 0.446 e. The van der Waals surface area contributed by atoms with Crippen LogP contribution in [-0.4, -0.2) is 18.8 Å². The normalized spacial score (nSPS) is 11.9. The third-order valence-corrected chi connectivity index (χ3v) is 3.98. The number of nitro benzene ring substituents is 1. The molecule has 0 saturated carbocycles. The van der Waals surface area contributed by atoms with Crippen molar-refractivity contribution in [3.8, 4) is 6.07 Å². The van der Waals surface area contributed by atoms with Gasteiger partial charge in [-0.1, -0.05) is 0 Å². The SMILES string of the molecule is N#Cc1c(SC(F)(F)F)cc([N+](=O)[O-])cc1S(=O)(=O)Cl. The molecule has 0 amide bonds. The molecule has 0 unspecified atom stereocenters. The highest BCUT2D eigenvalue weighted by Gasteiger charge is 2.34. The molecular weight excluding hydrogens is 345 g/mol. The second-order valence-corrected chi connectivity index (χ2v) is 6.81. The fourth-order valence-corrected chi connectivity index (χ4v) is 2.97. The summed E-state index contributed by atoms with van der Waals surface area (Å²) in [6, 6.07) is 2.14. The number of hydrogen-bond acceptors (Lipinski definition) is 6. The topological polar surface area (TPSA) is 101 Å². The van der Waals surface area contributed by atoms with Crippen molar-refractivity contribution in [1.29, 1.82) is 5.26 Å². The van der Waals surface area contributed by atoms with Gasteiger partial charge in [-0.05, 0) is 11.8 Å². The molecule has 0 aliphatic rings. The Morgan fingerprint density at radius 1 is 1.40 bits per heavy atom. The van der Waals surface area contributed by atoms with Crippen LogP contribution in [0.15, 0.2) is 21.9 Å². The van der Waals surface area contributed by atoms with Gasteiger partial charge in [0.25, 0.3) is 14.7 Å². The Morgan fingerprint density at radius 2 is 1.95 bits per heavy atom. The number of hydrogen-bond donors (Lipinski definition) is 0. The second-order valence-electron chi connectivity index (χ2n) is 3.17. The molecule has 108 valence electrons. The van der Waals surface area contributed by atoms with Crippen molar-refractivity contribution in [2.45, 2.75) is 15.3 Å². The van der Waals surface area contributed by atoms with Crippen LogP contribution in [0.5, 0.6) is 0 Å². The van der Waals surface area contributed by atoms with Crippen LogP contribution >= 0.6 is 22.4 Å². The summed E-state index contributed by atoms with van der Waals surface area (Å²) in [6.07, 6.45) is 0. The van der Waals surface area contributed by atoms with Crippen molar-refractivity contribution >= 4 is 37.2 Å². The predicted molar refractivity (Wildman–Crippen MR) is 62.8 cm³/mol. The van der Waals surface area contributed by atoms with E-state index in [2.05, 4.69) is 0 Å². The number of benzene rings is 1. The number of nitriles is 1. The minimum absolute atomic E-state index is 0.432. The Morgan fingerprint density at radius 3 is 2.30 bits per heavy atom. The first kappa shape index (κ1) is 16.5. The zero-order chi connectivity index (χ0) is 15.7. The Kier molecular flexibility index (Phi) is 4.52. The molecule has 6 nitrogen and oxygen atoms in total. The smallest absolute Gasteiger partial charge is 0.258 e. The van der Waals surface area contributed by atoms with Crippen molar-refractivity contribution in [1.82, 2.24) is 0 Å². The van der Waals surface area contributed by atoms with Crippen molar-refractivity contribution < 1.29 is 26.5 Å². The van der Waals surface area contributed by atoms with E-state index in [1.54, 1.807) is 0 Å². The summed E-state index contributed by atoms with van der Waals surface area (Å²) >= 11 is -0.836. The molecule has 0 heterocycles. The maximum atomic E-state index is 12.3. The summed E-state index contributed by atoms with van der Waals surface area (Å²) in [4.78, 5) is 7.55. The molecule has 0 saturated heterocycles. The second kappa shape index (κ2) is 5.47. The molecule has 0 radical (unpaired) electrons. The Bertz CT molecular complexity index is 712. The third-order valence-electron chi connectivity index (χ3n) is 1.86. The van der Waals surface area contributed by atoms with E-state index in [0.29, 0.717) is 12.1 Å². The van der Waals surface area contributed by atoms with Gasteiger partial charge in [0.15, 0.2) is 0 Å². The van der Waals surface area contributed by atoms with Crippen LogP contribution in [0.3, 0.4) is 0 Å². The largest absolute Gasteiger partial charge is 0.446 e. The molecule has 1 aromatic rings. The lowest BCUT2D eigenvalue weighted by Gasteiger charge is -2.09. The molecule has 1 aromatic carbocycles. The highest BCUT2D eigenvalue weighted by Crippen LogP contribution is 2.42. The van der Waals surface area contributed by atoms with E-state index in [9.17, 15) is 31.7 Å². The Labute approximate surface area is 118 Å². The standard InChI is InChI=1S/C8H2ClF3N2O4S2/c9-20(17,18)7-2-4(14(15)16)1-6(5(7)3-13)19-8(10,11)12/h1-2H. The van der Waals surface area contributed by atoms with Gasteiger partial charge in [0.1, 0.15) is 11.0 Å². The van der Waals surface area contributed by atoms with Crippen LogP contribution in [-0.2, 0) is 9.05 Å². The number of alkyl halides is 3. The van der Waals surface area contributed by atoms with Crippen LogP contribution in [0.25, 0.3) is 0 Å². The molecule has 0 aliphatic carbocycles. The third kappa shape index (κ3) is 3.99. The minimum Gasteiger partial charge on any atom is -0.258 e. The van der Waals surface area contributed by atoms with Crippen LogP contribution in [0, 0.1) is 21.4 Å². The lowest BCUT2D eigenvalue weighted by Crippen LogP contribution is -2.04. The predicted octanol–water partition coefficient (Wildman–Crippen LogP) is 3.01. The molecule has 0 atom stereocenters. The molecule has 12 heteroatoms. The number of non-ortho nitro benzene ring substituents is 1. The van der Waals surface area contributed by atoms with Crippen LogP contribution in [0.1, 0.15) is 5.56 Å². The molecule has 20 heavy (non-hydrogen) atoms. The minimum atomic E-state index is -4.85. The number of rotatable bonds is 3. The van der Waals surface area contributed by atoms with Gasteiger partial charge in [0.2, 0.25) is 0 Å². The highest BCUT2D eigenvalue weighted by atomic mass is 35.7. The van der Waals surface area contributed by atoms with Crippen molar-refractivity contribution in [2.24, 2.45) is 0 Å². The van der Waals surface area contributed by atoms with Gasteiger partial charge < -0.3 is 0 Å². The molecule has 0 spiro atoms. The van der Waals surface area contributed by atoms with Gasteiger partial charge in [0, 0.05) is 27.7 Å². The van der Waals surface area contributed by atoms with Crippen molar-refractivity contribution in [2.75, 3.05) is 0 Å². The molecule has 1 rings (SSSR count). The van der Waals surface area contributed by atoms with E-state index in [0.717, 1.165) is 0 Å². The summed E-state index contributed by atoms with van der Waals surface area (Å²) in [5, 5.41) is 19.4. The first-order chi connectivity index (χ1) is 8.95. The van der Waals surface area contributed by atoms with Gasteiger partial charge in [-0.15, -0.1) is 0 Å². The van der Waals surface area contributed by atoms with Gasteiger partial charge in [-0.2, -0.15) is 18.4 Å². The van der Waals surface area contributed by atoms with E-state index < -0.39 is 52.3 Å². The van der Waals surface area contributed by atoms with Crippen LogP contribution in [0.2, 0.25) is 0 Å². The van der Waals surface area contributed by atoms with E-state index in [-0.39, 0.29) is 0 Å². The molecule has 0 N–H and O–H groups in total. The first-order valence-electron chi connectivity index (χ1n) is 4.38. The van der Waals surface area contributed by atoms with Gasteiger partial charge in [-0.25, -0.2) is 8.42 Å². The van der Waals surface area contributed by atoms with Crippen molar-refractivity contribution in [3.05, 3.63) is 27.8 Å². The van der Waals surface area contributed by atoms with E-state index >= 15 is 0 Å². The number of nitrogens with zero attached hydrogens (tertiary/aromatic N) is 2. The average molecular weight is 347 g/mol. The Balaban J connectivity index is 3.70. The van der Waals surface area contributed by atoms with E-state index in [4.69, 9.17) is 15.9 Å². The summed E-state index contributed by atoms with van der Waals surface area (Å²) < 4.78 is 59.4. The molecule has 0 fully saturated rings. The van der Waals surface area contributed by atoms with Crippen molar-refractivity contribution in [3.63, 3.8) is 0 Å². The lowest BCUT2D eigenvalue weighted by molar-refractivity contribution is -0.385. The fraction of sp³-hybridized carbons (Fsp3) is 0.125. The van der Waals surface area contributed by atoms with Gasteiger partial charge in [-0.3, -0.25) is 10.1 Å². The summed E-state index contributed by atoms with van der Waals surface area (Å²) in [6.45, 7) is 0. The summed E-state index contributed by atoms with van der Waals surface area (Å²) in [5.74, 6) is 0. The number of thioether (sulfide) groups is 1. The molecule has 0 bridgehead atoms.